The second-order valence-corrected chi connectivity index (χ2v) is 7.33. The zero-order valence-electron chi connectivity index (χ0n) is 16.6. The second-order valence-electron chi connectivity index (χ2n) is 7.33. The number of carbonyl (C=O) groups is 1. The monoisotopic (exact) mass is 370 g/mol. The molecule has 0 bridgehead atoms. The van der Waals surface area contributed by atoms with Gasteiger partial charge in [-0.15, -0.1) is 0 Å². The van der Waals surface area contributed by atoms with Gasteiger partial charge in [-0.25, -0.2) is 0 Å². The Morgan fingerprint density at radius 2 is 1.96 bits per heavy atom. The highest BCUT2D eigenvalue weighted by atomic mass is 16.5. The summed E-state index contributed by atoms with van der Waals surface area (Å²) in [6.07, 6.45) is 1.99. The quantitative estimate of drug-likeness (QED) is 0.812. The molecule has 1 aliphatic rings. The number of benzene rings is 1. The standard InChI is InChI=1S/C21H30N4O2/c1-16-20(17(2)25(23-16)14-18-7-5-4-6-8-18)13-22-21(26)15-24(3)19-9-11-27-12-10-19/h4-8,19H,9-15H2,1-3H3,(H,22,26). The van der Waals surface area contributed by atoms with Gasteiger partial charge in [-0.1, -0.05) is 30.3 Å². The van der Waals surface area contributed by atoms with Crippen molar-refractivity contribution in [2.75, 3.05) is 26.8 Å². The number of carbonyl (C=O) groups excluding carboxylic acids is 1. The van der Waals surface area contributed by atoms with Gasteiger partial charge in [-0.3, -0.25) is 14.4 Å². The van der Waals surface area contributed by atoms with Crippen molar-refractivity contribution in [2.45, 2.75) is 45.8 Å². The maximum atomic E-state index is 12.4. The Balaban J connectivity index is 1.55. The van der Waals surface area contributed by atoms with Crippen LogP contribution in [-0.2, 0) is 22.6 Å². The van der Waals surface area contributed by atoms with Crippen LogP contribution in [0.15, 0.2) is 30.3 Å². The number of ether oxygens (including phenoxy) is 1. The van der Waals surface area contributed by atoms with E-state index < -0.39 is 0 Å². The average Bonchev–Trinajstić information content (AvgIpc) is 2.94. The number of hydrogen-bond acceptors (Lipinski definition) is 4. The van der Waals surface area contributed by atoms with Gasteiger partial charge in [0.25, 0.3) is 0 Å². The SMILES string of the molecule is Cc1nn(Cc2ccccc2)c(C)c1CNC(=O)CN(C)C1CCOCC1. The van der Waals surface area contributed by atoms with Crippen LogP contribution in [0, 0.1) is 13.8 Å². The molecule has 0 spiro atoms. The topological polar surface area (TPSA) is 59.4 Å². The molecule has 27 heavy (non-hydrogen) atoms. The van der Waals surface area contributed by atoms with Gasteiger partial charge >= 0.3 is 0 Å². The first-order valence-corrected chi connectivity index (χ1v) is 9.66. The summed E-state index contributed by atoms with van der Waals surface area (Å²) in [5.41, 5.74) is 4.40. The Bertz CT molecular complexity index is 751. The maximum absolute atomic E-state index is 12.4. The Labute approximate surface area is 161 Å². The van der Waals surface area contributed by atoms with Crippen LogP contribution in [0.5, 0.6) is 0 Å². The first-order chi connectivity index (χ1) is 13.0. The third-order valence-corrected chi connectivity index (χ3v) is 5.38. The number of aromatic nitrogens is 2. The van der Waals surface area contributed by atoms with Crippen molar-refractivity contribution in [1.29, 1.82) is 0 Å². The molecule has 1 amide bonds. The number of amides is 1. The molecule has 1 saturated heterocycles. The van der Waals surface area contributed by atoms with E-state index in [1.54, 1.807) is 0 Å². The highest BCUT2D eigenvalue weighted by molar-refractivity contribution is 5.78. The molecule has 0 saturated carbocycles. The normalized spacial score (nSPS) is 15.3. The maximum Gasteiger partial charge on any atom is 0.234 e. The highest BCUT2D eigenvalue weighted by Crippen LogP contribution is 2.15. The van der Waals surface area contributed by atoms with Gasteiger partial charge in [0.05, 0.1) is 18.8 Å². The highest BCUT2D eigenvalue weighted by Gasteiger charge is 2.20. The molecule has 0 atom stereocenters. The number of likely N-dealkylation sites (N-methyl/N-ethyl adjacent to an activating group) is 1. The van der Waals surface area contributed by atoms with E-state index in [0.717, 1.165) is 49.6 Å². The third kappa shape index (κ3) is 5.17. The van der Waals surface area contributed by atoms with Crippen LogP contribution >= 0.6 is 0 Å². The second kappa shape index (κ2) is 9.15. The molecule has 6 nitrogen and oxygen atoms in total. The summed E-state index contributed by atoms with van der Waals surface area (Å²) in [5, 5.41) is 7.72. The summed E-state index contributed by atoms with van der Waals surface area (Å²) in [6.45, 7) is 7.33. The molecule has 2 aromatic rings. The molecule has 1 aromatic carbocycles. The smallest absolute Gasteiger partial charge is 0.234 e. The number of aryl methyl sites for hydroxylation is 1. The van der Waals surface area contributed by atoms with Gasteiger partial charge in [0, 0.05) is 37.1 Å². The molecule has 1 fully saturated rings. The fourth-order valence-electron chi connectivity index (χ4n) is 3.62. The molecule has 6 heteroatoms. The van der Waals surface area contributed by atoms with E-state index in [1.807, 2.05) is 36.9 Å². The molecular formula is C21H30N4O2. The molecule has 0 aliphatic carbocycles. The summed E-state index contributed by atoms with van der Waals surface area (Å²) in [6, 6.07) is 10.7. The van der Waals surface area contributed by atoms with E-state index in [1.165, 1.54) is 5.56 Å². The fourth-order valence-corrected chi connectivity index (χ4v) is 3.62. The van der Waals surface area contributed by atoms with Crippen LogP contribution in [0.1, 0.15) is 35.4 Å². The van der Waals surface area contributed by atoms with Crippen molar-refractivity contribution in [2.24, 2.45) is 0 Å². The van der Waals surface area contributed by atoms with Gasteiger partial charge in [0.15, 0.2) is 0 Å². The summed E-state index contributed by atoms with van der Waals surface area (Å²) < 4.78 is 7.41. The van der Waals surface area contributed by atoms with Crippen LogP contribution in [0.3, 0.4) is 0 Å². The van der Waals surface area contributed by atoms with E-state index in [4.69, 9.17) is 4.74 Å². The Kier molecular flexibility index (Phi) is 6.63. The predicted octanol–water partition coefficient (Wildman–Crippen LogP) is 2.28. The molecular weight excluding hydrogens is 340 g/mol. The van der Waals surface area contributed by atoms with E-state index in [-0.39, 0.29) is 5.91 Å². The largest absolute Gasteiger partial charge is 0.381 e. The Morgan fingerprint density at radius 1 is 1.26 bits per heavy atom. The van der Waals surface area contributed by atoms with E-state index >= 15 is 0 Å². The van der Waals surface area contributed by atoms with Gasteiger partial charge in [0.2, 0.25) is 5.91 Å². The molecule has 146 valence electrons. The van der Waals surface area contributed by atoms with E-state index in [9.17, 15) is 4.79 Å². The van der Waals surface area contributed by atoms with Crippen molar-refractivity contribution in [3.8, 4) is 0 Å². The lowest BCUT2D eigenvalue weighted by Gasteiger charge is -2.30. The lowest BCUT2D eigenvalue weighted by Crippen LogP contribution is -2.42. The zero-order chi connectivity index (χ0) is 19.2. The van der Waals surface area contributed by atoms with Gasteiger partial charge in [0.1, 0.15) is 0 Å². The summed E-state index contributed by atoms with van der Waals surface area (Å²) in [7, 11) is 2.02. The number of nitrogens with one attached hydrogen (secondary N) is 1. The fraction of sp³-hybridized carbons (Fsp3) is 0.524. The van der Waals surface area contributed by atoms with Crippen LogP contribution in [0.25, 0.3) is 0 Å². The third-order valence-electron chi connectivity index (χ3n) is 5.38. The zero-order valence-corrected chi connectivity index (χ0v) is 16.6. The van der Waals surface area contributed by atoms with E-state index in [0.29, 0.717) is 19.1 Å². The molecule has 1 aliphatic heterocycles. The Hall–Kier alpha value is -2.18. The molecule has 3 rings (SSSR count). The molecule has 2 heterocycles. The molecule has 0 radical (unpaired) electrons. The van der Waals surface area contributed by atoms with Gasteiger partial charge < -0.3 is 10.1 Å². The first-order valence-electron chi connectivity index (χ1n) is 9.66. The number of rotatable bonds is 7. The Morgan fingerprint density at radius 3 is 2.67 bits per heavy atom. The van der Waals surface area contributed by atoms with Crippen molar-refractivity contribution >= 4 is 5.91 Å². The number of hydrogen-bond donors (Lipinski definition) is 1. The molecule has 0 unspecified atom stereocenters. The van der Waals surface area contributed by atoms with E-state index in [2.05, 4.69) is 34.4 Å². The van der Waals surface area contributed by atoms with Crippen LogP contribution < -0.4 is 5.32 Å². The van der Waals surface area contributed by atoms with Gasteiger partial charge in [-0.05, 0) is 39.3 Å². The summed E-state index contributed by atoms with van der Waals surface area (Å²) in [4.78, 5) is 14.5. The molecule has 1 aromatic heterocycles. The average molecular weight is 370 g/mol. The minimum absolute atomic E-state index is 0.0543. The number of nitrogens with zero attached hydrogens (tertiary/aromatic N) is 3. The minimum Gasteiger partial charge on any atom is -0.381 e. The summed E-state index contributed by atoms with van der Waals surface area (Å²) in [5.74, 6) is 0.0543. The van der Waals surface area contributed by atoms with Crippen molar-refractivity contribution < 1.29 is 9.53 Å². The van der Waals surface area contributed by atoms with Gasteiger partial charge in [-0.2, -0.15) is 5.10 Å². The van der Waals surface area contributed by atoms with Crippen LogP contribution in [0.2, 0.25) is 0 Å². The van der Waals surface area contributed by atoms with Crippen molar-refractivity contribution in [1.82, 2.24) is 20.0 Å². The van der Waals surface area contributed by atoms with Crippen molar-refractivity contribution in [3.63, 3.8) is 0 Å². The summed E-state index contributed by atoms with van der Waals surface area (Å²) >= 11 is 0. The van der Waals surface area contributed by atoms with Crippen molar-refractivity contribution in [3.05, 3.63) is 52.8 Å². The van der Waals surface area contributed by atoms with Crippen LogP contribution in [-0.4, -0.2) is 53.4 Å². The molecule has 1 N–H and O–H groups in total. The lowest BCUT2D eigenvalue weighted by molar-refractivity contribution is -0.123. The lowest BCUT2D eigenvalue weighted by atomic mass is 10.1. The van der Waals surface area contributed by atoms with Crippen LogP contribution in [0.4, 0.5) is 0 Å². The predicted molar refractivity (Wildman–Crippen MR) is 106 cm³/mol. The minimum atomic E-state index is 0.0543. The first kappa shape index (κ1) is 19.6.